The van der Waals surface area contributed by atoms with Gasteiger partial charge in [-0.25, -0.2) is 0 Å². The second kappa shape index (κ2) is 10.2. The second-order valence-corrected chi connectivity index (χ2v) is 5.96. The van der Waals surface area contributed by atoms with Crippen molar-refractivity contribution in [2.24, 2.45) is 5.41 Å². The molecular weight excluding hydrogens is 308 g/mol. The molecule has 0 aromatic heterocycles. The molecule has 1 aromatic carbocycles. The van der Waals surface area contributed by atoms with Crippen molar-refractivity contribution >= 4 is 6.08 Å². The number of ether oxygens (including phenoxy) is 5. The Bertz CT molecular complexity index is 504. The second-order valence-electron chi connectivity index (χ2n) is 5.96. The lowest BCUT2D eigenvalue weighted by Crippen LogP contribution is -2.39. The van der Waals surface area contributed by atoms with Crippen molar-refractivity contribution in [2.45, 2.75) is 34.0 Å². The van der Waals surface area contributed by atoms with Gasteiger partial charge in [-0.3, -0.25) is 0 Å². The van der Waals surface area contributed by atoms with Crippen LogP contribution in [0, 0.1) is 5.41 Å². The van der Waals surface area contributed by atoms with Crippen LogP contribution in [0.4, 0.5) is 0 Å². The van der Waals surface area contributed by atoms with Crippen LogP contribution in [0.5, 0.6) is 11.5 Å². The summed E-state index contributed by atoms with van der Waals surface area (Å²) < 4.78 is 27.7. The van der Waals surface area contributed by atoms with Gasteiger partial charge in [0.15, 0.2) is 6.29 Å². The fraction of sp³-hybridized carbons (Fsp3) is 0.579. The Morgan fingerprint density at radius 3 is 2.29 bits per heavy atom. The van der Waals surface area contributed by atoms with E-state index in [0.717, 1.165) is 17.1 Å². The molecule has 0 fully saturated rings. The summed E-state index contributed by atoms with van der Waals surface area (Å²) in [6, 6.07) is 5.66. The molecule has 0 aliphatic rings. The lowest BCUT2D eigenvalue weighted by Gasteiger charge is -2.33. The van der Waals surface area contributed by atoms with Gasteiger partial charge in [-0.2, -0.15) is 0 Å². The molecule has 0 aliphatic carbocycles. The van der Waals surface area contributed by atoms with E-state index < -0.39 is 0 Å². The molecule has 5 heteroatoms. The Labute approximate surface area is 145 Å². The predicted molar refractivity (Wildman–Crippen MR) is 95.4 cm³/mol. The monoisotopic (exact) mass is 338 g/mol. The molecule has 0 spiro atoms. The van der Waals surface area contributed by atoms with Gasteiger partial charge < -0.3 is 23.7 Å². The molecule has 0 unspecified atom stereocenters. The highest BCUT2D eigenvalue weighted by molar-refractivity contribution is 5.59. The molecule has 1 aromatic rings. The smallest absolute Gasteiger partial charge is 0.165 e. The van der Waals surface area contributed by atoms with Crippen molar-refractivity contribution in [3.8, 4) is 11.5 Å². The zero-order chi connectivity index (χ0) is 18.0. The van der Waals surface area contributed by atoms with Gasteiger partial charge in [0, 0.05) is 24.2 Å². The third kappa shape index (κ3) is 6.06. The van der Waals surface area contributed by atoms with Crippen molar-refractivity contribution < 1.29 is 23.7 Å². The predicted octanol–water partition coefficient (Wildman–Crippen LogP) is 4.12. The average Bonchev–Trinajstić information content (AvgIpc) is 2.58. The van der Waals surface area contributed by atoms with Crippen LogP contribution in [0.3, 0.4) is 0 Å². The minimum Gasteiger partial charge on any atom is -0.504 e. The highest BCUT2D eigenvalue weighted by Crippen LogP contribution is 2.30. The van der Waals surface area contributed by atoms with E-state index in [9.17, 15) is 0 Å². The van der Waals surface area contributed by atoms with Crippen LogP contribution in [0.1, 0.15) is 33.3 Å². The summed E-state index contributed by atoms with van der Waals surface area (Å²) in [5.74, 6) is 1.52. The summed E-state index contributed by atoms with van der Waals surface area (Å²) in [4.78, 5) is 0. The van der Waals surface area contributed by atoms with Crippen molar-refractivity contribution in [3.63, 3.8) is 0 Å². The molecule has 136 valence electrons. The Morgan fingerprint density at radius 1 is 1.08 bits per heavy atom. The molecule has 0 atom stereocenters. The van der Waals surface area contributed by atoms with Gasteiger partial charge in [-0.05, 0) is 38.1 Å². The van der Waals surface area contributed by atoms with Gasteiger partial charge in [0.25, 0.3) is 0 Å². The maximum Gasteiger partial charge on any atom is 0.165 e. The molecule has 0 saturated carbocycles. The minimum absolute atomic E-state index is 0.297. The maximum atomic E-state index is 6.05. The largest absolute Gasteiger partial charge is 0.504 e. The average molecular weight is 338 g/mol. The minimum atomic E-state index is -0.316. The Balaban J connectivity index is 2.89. The van der Waals surface area contributed by atoms with E-state index in [1.807, 2.05) is 38.1 Å². The molecule has 0 bridgehead atoms. The number of hydrogen-bond acceptors (Lipinski definition) is 5. The van der Waals surface area contributed by atoms with E-state index in [1.165, 1.54) is 0 Å². The van der Waals surface area contributed by atoms with Crippen molar-refractivity contribution in [2.75, 3.05) is 34.0 Å². The van der Waals surface area contributed by atoms with Crippen molar-refractivity contribution in [1.29, 1.82) is 0 Å². The van der Waals surface area contributed by atoms with E-state index >= 15 is 0 Å². The van der Waals surface area contributed by atoms with Crippen LogP contribution in [0.15, 0.2) is 24.5 Å². The van der Waals surface area contributed by atoms with Crippen LogP contribution in [0.25, 0.3) is 6.08 Å². The molecule has 0 saturated heterocycles. The highest BCUT2D eigenvalue weighted by atomic mass is 16.7. The molecule has 0 amide bonds. The molecule has 0 N–H and O–H groups in total. The van der Waals surface area contributed by atoms with Crippen LogP contribution in [-0.2, 0) is 14.2 Å². The molecule has 24 heavy (non-hydrogen) atoms. The fourth-order valence-electron chi connectivity index (χ4n) is 2.19. The lowest BCUT2D eigenvalue weighted by molar-refractivity contribution is -0.201. The van der Waals surface area contributed by atoms with Crippen LogP contribution in [-0.4, -0.2) is 40.3 Å². The van der Waals surface area contributed by atoms with Crippen LogP contribution >= 0.6 is 0 Å². The molecule has 0 aliphatic heterocycles. The van der Waals surface area contributed by atoms with Gasteiger partial charge in [0.1, 0.15) is 11.5 Å². The lowest BCUT2D eigenvalue weighted by atomic mass is 9.93. The first-order valence-corrected chi connectivity index (χ1v) is 8.21. The summed E-state index contributed by atoms with van der Waals surface area (Å²) in [6.07, 6.45) is 3.13. The molecule has 1 rings (SSSR count). The van der Waals surface area contributed by atoms with Gasteiger partial charge >= 0.3 is 0 Å². The molecular formula is C19H30O5. The normalized spacial score (nSPS) is 12.0. The first kappa shape index (κ1) is 20.3. The highest BCUT2D eigenvalue weighted by Gasteiger charge is 2.32. The van der Waals surface area contributed by atoms with Gasteiger partial charge in [-0.1, -0.05) is 13.8 Å². The van der Waals surface area contributed by atoms with Gasteiger partial charge in [0.2, 0.25) is 0 Å². The standard InChI is InChI=1S/C19H30O5/c1-7-22-18(23-8-2)19(3,4)14-24-17-10-9-16(21-6)13-15(17)11-12-20-5/h9-13,18H,7-8,14H2,1-6H3/b12-11+. The fourth-order valence-corrected chi connectivity index (χ4v) is 2.19. The molecule has 0 radical (unpaired) electrons. The van der Waals surface area contributed by atoms with E-state index in [1.54, 1.807) is 20.5 Å². The first-order chi connectivity index (χ1) is 11.5. The van der Waals surface area contributed by atoms with E-state index in [-0.39, 0.29) is 11.7 Å². The quantitative estimate of drug-likeness (QED) is 0.449. The third-order valence-electron chi connectivity index (χ3n) is 3.47. The number of benzene rings is 1. The van der Waals surface area contributed by atoms with Gasteiger partial charge in [-0.15, -0.1) is 0 Å². The summed E-state index contributed by atoms with van der Waals surface area (Å²) in [5.41, 5.74) is 0.588. The van der Waals surface area contributed by atoms with E-state index in [4.69, 9.17) is 23.7 Å². The third-order valence-corrected chi connectivity index (χ3v) is 3.47. The summed E-state index contributed by atoms with van der Waals surface area (Å²) in [6.45, 7) is 9.70. The zero-order valence-electron chi connectivity index (χ0n) is 15.6. The van der Waals surface area contributed by atoms with Crippen molar-refractivity contribution in [1.82, 2.24) is 0 Å². The topological polar surface area (TPSA) is 46.2 Å². The first-order valence-electron chi connectivity index (χ1n) is 8.21. The summed E-state index contributed by atoms with van der Waals surface area (Å²) in [7, 11) is 3.24. The van der Waals surface area contributed by atoms with Crippen LogP contribution in [0.2, 0.25) is 0 Å². The zero-order valence-corrected chi connectivity index (χ0v) is 15.6. The Morgan fingerprint density at radius 2 is 1.75 bits per heavy atom. The number of hydrogen-bond donors (Lipinski definition) is 0. The Kier molecular flexibility index (Phi) is 8.65. The molecule has 0 heterocycles. The molecule has 5 nitrogen and oxygen atoms in total. The maximum absolute atomic E-state index is 6.05. The Hall–Kier alpha value is -1.72. The van der Waals surface area contributed by atoms with E-state index in [2.05, 4.69) is 13.8 Å². The van der Waals surface area contributed by atoms with E-state index in [0.29, 0.717) is 19.8 Å². The number of rotatable bonds is 11. The van der Waals surface area contributed by atoms with Crippen molar-refractivity contribution in [3.05, 3.63) is 30.0 Å². The van der Waals surface area contributed by atoms with Gasteiger partial charge in [0.05, 0.1) is 27.1 Å². The SMILES string of the molecule is CCOC(OCC)C(C)(C)COc1ccc(OC)cc1/C=C/OC. The summed E-state index contributed by atoms with van der Waals surface area (Å²) in [5, 5.41) is 0. The van der Waals surface area contributed by atoms with Crippen LogP contribution < -0.4 is 9.47 Å². The summed E-state index contributed by atoms with van der Waals surface area (Å²) >= 11 is 0. The number of methoxy groups -OCH3 is 2.